The molecule has 4 aromatic carbocycles. The highest BCUT2D eigenvalue weighted by Crippen LogP contribution is 2.43. The van der Waals surface area contributed by atoms with Crippen LogP contribution in [-0.2, 0) is 36.0 Å². The Bertz CT molecular complexity index is 3380. The third kappa shape index (κ3) is 15.2. The van der Waals surface area contributed by atoms with Crippen molar-refractivity contribution in [1.29, 1.82) is 0 Å². The van der Waals surface area contributed by atoms with E-state index in [1.165, 1.54) is 46.8 Å². The summed E-state index contributed by atoms with van der Waals surface area (Å²) in [6.07, 6.45) is 5.19. The van der Waals surface area contributed by atoms with Gasteiger partial charge in [0.1, 0.15) is 10.9 Å². The number of piperidine rings is 1. The molecule has 0 spiro atoms. The van der Waals surface area contributed by atoms with Crippen LogP contribution in [0.2, 0.25) is 5.02 Å². The first-order valence-electron chi connectivity index (χ1n) is 27.2. The first kappa shape index (κ1) is 60.5. The minimum atomic E-state index is -6.16. The van der Waals surface area contributed by atoms with Gasteiger partial charge >= 0.3 is 5.51 Å². The number of amides is 3. The average molecular weight is 1210 g/mol. The summed E-state index contributed by atoms with van der Waals surface area (Å²) in [4.78, 5) is 48.9. The molecular formula is C58H66ClF4N9O7S3. The van der Waals surface area contributed by atoms with E-state index in [0.29, 0.717) is 68.9 Å². The van der Waals surface area contributed by atoms with Crippen molar-refractivity contribution in [3.8, 4) is 0 Å². The molecule has 4 N–H and O–H groups in total. The van der Waals surface area contributed by atoms with Crippen LogP contribution in [0.4, 0.5) is 34.8 Å². The second-order valence-corrected chi connectivity index (χ2v) is 27.1. The topological polar surface area (TPSA) is 193 Å². The predicted octanol–water partition coefficient (Wildman–Crippen LogP) is 9.07. The van der Waals surface area contributed by atoms with Crippen molar-refractivity contribution in [1.82, 2.24) is 29.7 Å². The molecule has 4 heterocycles. The van der Waals surface area contributed by atoms with Gasteiger partial charge in [-0.15, -0.1) is 11.8 Å². The number of nitrogens with one attached hydrogen (secondary N) is 4. The smallest absolute Gasteiger partial charge is 0.380 e. The number of rotatable bonds is 20. The fraction of sp³-hybridized carbons (Fsp3) is 0.414. The van der Waals surface area contributed by atoms with Gasteiger partial charge in [0.05, 0.1) is 10.6 Å². The largest absolute Gasteiger partial charge is 0.501 e. The predicted molar refractivity (Wildman–Crippen MR) is 310 cm³/mol. The van der Waals surface area contributed by atoms with E-state index >= 15 is 4.39 Å². The lowest BCUT2D eigenvalue weighted by atomic mass is 9.73. The molecule has 1 aromatic heterocycles. The van der Waals surface area contributed by atoms with Gasteiger partial charge in [0.2, 0.25) is 11.8 Å². The van der Waals surface area contributed by atoms with Gasteiger partial charge in [-0.25, -0.2) is 30.9 Å². The summed E-state index contributed by atoms with van der Waals surface area (Å²) < 4.78 is 115. The first-order valence-corrected chi connectivity index (χ1v) is 31.5. The van der Waals surface area contributed by atoms with Crippen LogP contribution in [0.1, 0.15) is 73.9 Å². The summed E-state index contributed by atoms with van der Waals surface area (Å²) in [5.74, 6) is -2.43. The normalized spacial score (nSPS) is 19.2. The molecule has 0 radical (unpaired) electrons. The van der Waals surface area contributed by atoms with Crippen molar-refractivity contribution in [2.24, 2.45) is 5.41 Å². The number of sulfonamides is 1. The van der Waals surface area contributed by atoms with E-state index in [2.05, 4.69) is 61.6 Å². The second-order valence-electron chi connectivity index (χ2n) is 21.9. The van der Waals surface area contributed by atoms with Crippen molar-refractivity contribution in [3.63, 3.8) is 0 Å². The number of allylic oxidation sites excluding steroid dienone is 1. The number of pyridine rings is 1. The maximum atomic E-state index is 15.7. The van der Waals surface area contributed by atoms with Gasteiger partial charge in [-0.1, -0.05) is 61.4 Å². The Hall–Kier alpha value is -6.08. The molecule has 3 aliphatic heterocycles. The van der Waals surface area contributed by atoms with E-state index in [0.717, 1.165) is 61.6 Å². The second kappa shape index (κ2) is 25.8. The Balaban J connectivity index is 0.830. The molecule has 1 aliphatic carbocycles. The number of alkyl halides is 3. The molecule has 5 aromatic rings. The highest BCUT2D eigenvalue weighted by atomic mass is 35.5. The van der Waals surface area contributed by atoms with E-state index < -0.39 is 76.5 Å². The maximum absolute atomic E-state index is 15.7. The Morgan fingerprint density at radius 2 is 1.51 bits per heavy atom. The molecular weight excluding hydrogens is 1140 g/mol. The number of halogens is 5. The fourth-order valence-electron chi connectivity index (χ4n) is 10.8. The molecule has 438 valence electrons. The number of piperazine rings is 2. The van der Waals surface area contributed by atoms with Crippen molar-refractivity contribution in [3.05, 3.63) is 142 Å². The van der Waals surface area contributed by atoms with Crippen molar-refractivity contribution in [2.45, 2.75) is 91.2 Å². The number of imide groups is 1. The van der Waals surface area contributed by atoms with Crippen molar-refractivity contribution >= 4 is 83.7 Å². The maximum Gasteiger partial charge on any atom is 0.501 e. The quantitative estimate of drug-likeness (QED) is 0.0327. The molecule has 24 heteroatoms. The van der Waals surface area contributed by atoms with Crippen LogP contribution in [0.3, 0.4) is 0 Å². The van der Waals surface area contributed by atoms with Crippen LogP contribution in [0.25, 0.3) is 5.57 Å². The number of hydrogen-bond donors (Lipinski definition) is 4. The number of thioether (sulfide) groups is 1. The molecule has 3 saturated heterocycles. The van der Waals surface area contributed by atoms with Crippen molar-refractivity contribution < 1.29 is 48.8 Å². The SMILES string of the molecule is CC1(C)CCC(c2ccc(Cl)cc2)=C(CN2CCN(c3ccc(C(=O)NS(=O)(=O)c4ccc(N[C@H](CCN5CCN(Cc6ccnc(NC7CCC(=O)NC7=O)c6F)CC5)CSc5ccccc5)c(S(=O)(=O)C(F)(F)F)c4)cc3)CC2)C1. The first-order chi connectivity index (χ1) is 39.0. The number of aromatic nitrogens is 1. The van der Waals surface area contributed by atoms with Gasteiger partial charge in [-0.3, -0.25) is 29.5 Å². The van der Waals surface area contributed by atoms with Gasteiger partial charge < -0.3 is 20.4 Å². The van der Waals surface area contributed by atoms with Gasteiger partial charge in [0.15, 0.2) is 11.6 Å². The third-order valence-corrected chi connectivity index (χ3v) is 19.7. The fourth-order valence-corrected chi connectivity index (χ4v) is 13.9. The molecule has 4 aliphatic rings. The van der Waals surface area contributed by atoms with Gasteiger partial charge in [-0.05, 0) is 121 Å². The number of anilines is 3. The molecule has 1 unspecified atom stereocenters. The van der Waals surface area contributed by atoms with Gasteiger partial charge in [0.25, 0.3) is 25.8 Å². The molecule has 2 atom stereocenters. The summed E-state index contributed by atoms with van der Waals surface area (Å²) in [6, 6.07) is 26.1. The molecule has 0 saturated carbocycles. The van der Waals surface area contributed by atoms with Crippen LogP contribution < -0.4 is 25.6 Å². The molecule has 16 nitrogen and oxygen atoms in total. The number of carbonyl (C=O) groups is 3. The molecule has 3 amide bonds. The average Bonchev–Trinajstić information content (AvgIpc) is 3.19. The van der Waals surface area contributed by atoms with E-state index in [-0.39, 0.29) is 41.9 Å². The Morgan fingerprint density at radius 1 is 0.841 bits per heavy atom. The lowest BCUT2D eigenvalue weighted by Crippen LogP contribution is -2.47. The summed E-state index contributed by atoms with van der Waals surface area (Å²) >= 11 is 7.61. The van der Waals surface area contributed by atoms with E-state index in [9.17, 15) is 44.4 Å². The van der Waals surface area contributed by atoms with Crippen LogP contribution >= 0.6 is 23.4 Å². The minimum absolute atomic E-state index is 0.0352. The standard InChI is InChI=1S/C58H66ClF4N9O7S3/c1-57(2)23-20-48(39-8-12-43(59)13-9-39)42(35-57)37-71-30-32-72(33-31-71)45-14-10-40(11-15-45)55(74)68-82(78,79)47-16-17-49(51(34-47)81(76,77)58(61,62)63)65-44(38-80-46-6-4-3-5-7-46)22-25-69-26-28-70(29-27-69)36-41-21-24-64-54(53(41)60)66-50-18-19-52(73)67-56(50)75/h3-17,21,24,34,44,50,65H,18-20,22-23,25-33,35-38H2,1-2H3,(H,64,66)(H,68,74)(H,67,73,75)/t44-,50?/m1/s1. The summed E-state index contributed by atoms with van der Waals surface area (Å²) in [7, 11) is -11.1. The van der Waals surface area contributed by atoms with E-state index in [4.69, 9.17) is 11.6 Å². The zero-order chi connectivity index (χ0) is 58.4. The molecule has 82 heavy (non-hydrogen) atoms. The lowest BCUT2D eigenvalue weighted by Gasteiger charge is -2.39. The molecule has 9 rings (SSSR count). The Kier molecular flexibility index (Phi) is 19.1. The monoisotopic (exact) mass is 1210 g/mol. The number of nitrogens with zero attached hydrogens (tertiary/aromatic N) is 5. The number of carbonyl (C=O) groups excluding carboxylic acids is 3. The molecule has 0 bridgehead atoms. The van der Waals surface area contributed by atoms with Crippen LogP contribution in [0.5, 0.6) is 0 Å². The van der Waals surface area contributed by atoms with Crippen LogP contribution in [0.15, 0.2) is 130 Å². The van der Waals surface area contributed by atoms with Crippen LogP contribution in [-0.4, -0.2) is 143 Å². The van der Waals surface area contributed by atoms with Gasteiger partial charge in [0, 0.05) is 123 Å². The zero-order valence-electron chi connectivity index (χ0n) is 45.5. The third-order valence-electron chi connectivity index (χ3n) is 15.5. The minimum Gasteiger partial charge on any atom is -0.380 e. The number of sulfone groups is 1. The van der Waals surface area contributed by atoms with Gasteiger partial charge in [-0.2, -0.15) is 13.2 Å². The number of benzene rings is 4. The van der Waals surface area contributed by atoms with E-state index in [1.54, 1.807) is 18.2 Å². The Labute approximate surface area is 485 Å². The number of hydrogen-bond acceptors (Lipinski definition) is 15. The summed E-state index contributed by atoms with van der Waals surface area (Å²) in [5.41, 5.74) is -0.929. The van der Waals surface area contributed by atoms with Crippen LogP contribution in [0, 0.1) is 11.2 Å². The Morgan fingerprint density at radius 3 is 2.20 bits per heavy atom. The summed E-state index contributed by atoms with van der Waals surface area (Å²) in [6.45, 7) is 11.3. The zero-order valence-corrected chi connectivity index (χ0v) is 48.7. The lowest BCUT2D eigenvalue weighted by molar-refractivity contribution is -0.133. The summed E-state index contributed by atoms with van der Waals surface area (Å²) in [5, 5.41) is 8.76. The molecule has 3 fully saturated rings. The van der Waals surface area contributed by atoms with E-state index in [1.807, 2.05) is 52.1 Å². The van der Waals surface area contributed by atoms with Crippen molar-refractivity contribution in [2.75, 3.05) is 86.7 Å². The highest BCUT2D eigenvalue weighted by molar-refractivity contribution is 7.99. The highest BCUT2D eigenvalue weighted by Gasteiger charge is 2.48.